The Balaban J connectivity index is 1.79. The van der Waals surface area contributed by atoms with Gasteiger partial charge in [0.1, 0.15) is 5.88 Å². The molecule has 12 heteroatoms. The van der Waals surface area contributed by atoms with Crippen molar-refractivity contribution in [3.05, 3.63) is 59.7 Å². The van der Waals surface area contributed by atoms with E-state index in [1.165, 1.54) is 34.9 Å². The number of carbonyl (C=O) groups is 2. The summed E-state index contributed by atoms with van der Waals surface area (Å²) in [4.78, 5) is 30.9. The van der Waals surface area contributed by atoms with E-state index < -0.39 is 45.8 Å². The van der Waals surface area contributed by atoms with Gasteiger partial charge >= 0.3 is 6.18 Å². The van der Waals surface area contributed by atoms with Gasteiger partial charge in [-0.05, 0) is 101 Å². The fourth-order valence-electron chi connectivity index (χ4n) is 5.44. The minimum atomic E-state index is -4.62. The lowest BCUT2D eigenvalue weighted by molar-refractivity contribution is -0.137. The molecule has 42 heavy (non-hydrogen) atoms. The molecule has 0 bridgehead atoms. The number of halogens is 3. The molecule has 0 unspecified atom stereocenters. The number of carbonyl (C=O) groups excluding carboxylic acids is 2. The average molecular weight is 628 g/mol. The van der Waals surface area contributed by atoms with Crippen LogP contribution in [-0.2, 0) is 20.8 Å². The molecule has 0 aromatic heterocycles. The molecule has 2 aromatic rings. The van der Waals surface area contributed by atoms with Crippen molar-refractivity contribution in [2.24, 2.45) is 0 Å². The fourth-order valence-corrected chi connectivity index (χ4v) is 7.27. The molecule has 1 saturated carbocycles. The molecule has 1 aliphatic rings. The molecule has 2 aromatic carbocycles. The molecular formula is C30H40F3N3O4S2. The standard InChI is InChI=1S/C30H40F3N3O4S2/c1-5-17-35(21(2)3)24-9-11-25(12-10-24)36(20-42(39,40)27-15-13-26(41-4)14-16-27)28(37)19-34-29(38)22-7-6-8-23(18-22)30(31,32)33/h6-8,13-16,18,21,24-25H,5,9-12,17,19-20H2,1-4H3,(H,34,38). The third-order valence-electron chi connectivity index (χ3n) is 7.62. The first kappa shape index (κ1) is 33.9. The molecule has 0 radical (unpaired) electrons. The van der Waals surface area contributed by atoms with Crippen molar-refractivity contribution in [3.8, 4) is 0 Å². The number of hydrogen-bond acceptors (Lipinski definition) is 6. The molecule has 232 valence electrons. The predicted molar refractivity (Wildman–Crippen MR) is 159 cm³/mol. The smallest absolute Gasteiger partial charge is 0.343 e. The summed E-state index contributed by atoms with van der Waals surface area (Å²) in [6.07, 6.45) is 1.08. The maximum absolute atomic E-state index is 13.5. The fraction of sp³-hybridized carbons (Fsp3) is 0.533. The molecule has 0 saturated heterocycles. The summed E-state index contributed by atoms with van der Waals surface area (Å²) in [6, 6.07) is 10.7. The number of nitrogens with zero attached hydrogens (tertiary/aromatic N) is 2. The van der Waals surface area contributed by atoms with Crippen LogP contribution in [0, 0.1) is 0 Å². The molecule has 3 rings (SSSR count). The molecule has 1 N–H and O–H groups in total. The van der Waals surface area contributed by atoms with E-state index >= 15 is 0 Å². The van der Waals surface area contributed by atoms with Crippen molar-refractivity contribution in [1.82, 2.24) is 15.1 Å². The number of thioether (sulfide) groups is 1. The molecule has 1 fully saturated rings. The van der Waals surface area contributed by atoms with Crippen LogP contribution in [0.1, 0.15) is 68.8 Å². The highest BCUT2D eigenvalue weighted by Crippen LogP contribution is 2.31. The Morgan fingerprint density at radius 1 is 1.02 bits per heavy atom. The van der Waals surface area contributed by atoms with Gasteiger partial charge in [0.05, 0.1) is 17.0 Å². The van der Waals surface area contributed by atoms with Gasteiger partial charge in [0.25, 0.3) is 5.91 Å². The minimum Gasteiger partial charge on any atom is -0.343 e. The maximum atomic E-state index is 13.5. The number of benzene rings is 2. The largest absolute Gasteiger partial charge is 0.416 e. The van der Waals surface area contributed by atoms with Crippen molar-refractivity contribution in [2.75, 3.05) is 25.2 Å². The van der Waals surface area contributed by atoms with Crippen molar-refractivity contribution in [1.29, 1.82) is 0 Å². The van der Waals surface area contributed by atoms with E-state index in [1.54, 1.807) is 12.1 Å². The third-order valence-corrected chi connectivity index (χ3v) is 9.97. The van der Waals surface area contributed by atoms with Crippen LogP contribution in [0.25, 0.3) is 0 Å². The van der Waals surface area contributed by atoms with Crippen LogP contribution in [0.3, 0.4) is 0 Å². The van der Waals surface area contributed by atoms with Gasteiger partial charge < -0.3 is 10.2 Å². The number of rotatable bonds is 12. The van der Waals surface area contributed by atoms with Gasteiger partial charge in [-0.2, -0.15) is 13.2 Å². The molecule has 0 atom stereocenters. The summed E-state index contributed by atoms with van der Waals surface area (Å²) in [7, 11) is -3.90. The van der Waals surface area contributed by atoms with E-state index in [0.29, 0.717) is 24.9 Å². The van der Waals surface area contributed by atoms with Crippen LogP contribution >= 0.6 is 11.8 Å². The van der Waals surface area contributed by atoms with Crippen molar-refractivity contribution in [3.63, 3.8) is 0 Å². The Bertz CT molecular complexity index is 1310. The Kier molecular flexibility index (Phi) is 11.9. The monoisotopic (exact) mass is 627 g/mol. The van der Waals surface area contributed by atoms with Gasteiger partial charge in [-0.15, -0.1) is 11.8 Å². The lowest BCUT2D eigenvalue weighted by atomic mass is 9.88. The Morgan fingerprint density at radius 2 is 1.64 bits per heavy atom. The number of amides is 2. The first-order chi connectivity index (χ1) is 19.8. The van der Waals surface area contributed by atoms with E-state index in [2.05, 4.69) is 31.0 Å². The summed E-state index contributed by atoms with van der Waals surface area (Å²) in [5, 5.41) is 2.39. The first-order valence-electron chi connectivity index (χ1n) is 14.1. The van der Waals surface area contributed by atoms with E-state index in [1.807, 2.05) is 6.26 Å². The second kappa shape index (κ2) is 14.7. The summed E-state index contributed by atoms with van der Waals surface area (Å²) in [6.45, 7) is 6.85. The zero-order valence-corrected chi connectivity index (χ0v) is 26.1. The summed E-state index contributed by atoms with van der Waals surface area (Å²) < 4.78 is 66.2. The molecule has 1 aliphatic carbocycles. The zero-order chi connectivity index (χ0) is 31.1. The van der Waals surface area contributed by atoms with Crippen LogP contribution < -0.4 is 5.32 Å². The second-order valence-corrected chi connectivity index (χ2v) is 13.7. The van der Waals surface area contributed by atoms with E-state index in [4.69, 9.17) is 0 Å². The topological polar surface area (TPSA) is 86.8 Å². The summed E-state index contributed by atoms with van der Waals surface area (Å²) in [5.41, 5.74) is -1.21. The quantitative estimate of drug-likeness (QED) is 0.297. The van der Waals surface area contributed by atoms with Gasteiger partial charge in [0.15, 0.2) is 9.84 Å². The highest BCUT2D eigenvalue weighted by Gasteiger charge is 2.35. The Labute approximate surface area is 251 Å². The molecule has 7 nitrogen and oxygen atoms in total. The van der Waals surface area contributed by atoms with Crippen molar-refractivity contribution in [2.45, 2.75) is 87.0 Å². The van der Waals surface area contributed by atoms with Gasteiger partial charge in [0, 0.05) is 28.6 Å². The number of sulfone groups is 1. The number of hydrogen-bond donors (Lipinski definition) is 1. The summed E-state index contributed by atoms with van der Waals surface area (Å²) >= 11 is 1.48. The predicted octanol–water partition coefficient (Wildman–Crippen LogP) is 5.85. The Morgan fingerprint density at radius 3 is 2.19 bits per heavy atom. The first-order valence-corrected chi connectivity index (χ1v) is 17.0. The van der Waals surface area contributed by atoms with Gasteiger partial charge in [-0.25, -0.2) is 8.42 Å². The average Bonchev–Trinajstić information content (AvgIpc) is 2.97. The van der Waals surface area contributed by atoms with Gasteiger partial charge in [0.2, 0.25) is 5.91 Å². The molecular weight excluding hydrogens is 587 g/mol. The number of alkyl halides is 3. The van der Waals surface area contributed by atoms with E-state index in [0.717, 1.165) is 48.9 Å². The molecule has 0 heterocycles. The number of nitrogens with one attached hydrogen (secondary N) is 1. The van der Waals surface area contributed by atoms with E-state index in [-0.39, 0.29) is 16.5 Å². The second-order valence-electron chi connectivity index (χ2n) is 10.8. The normalized spacial score (nSPS) is 17.8. The van der Waals surface area contributed by atoms with Crippen molar-refractivity contribution < 1.29 is 31.2 Å². The van der Waals surface area contributed by atoms with E-state index in [9.17, 15) is 31.2 Å². The van der Waals surface area contributed by atoms with Crippen LogP contribution in [0.5, 0.6) is 0 Å². The van der Waals surface area contributed by atoms with Crippen LogP contribution in [0.4, 0.5) is 13.2 Å². The highest BCUT2D eigenvalue weighted by atomic mass is 32.2. The molecule has 2 amide bonds. The molecule has 0 aliphatic heterocycles. The van der Waals surface area contributed by atoms with Crippen LogP contribution in [0.15, 0.2) is 58.3 Å². The van der Waals surface area contributed by atoms with Crippen LogP contribution in [-0.4, -0.2) is 73.4 Å². The minimum absolute atomic E-state index is 0.0914. The van der Waals surface area contributed by atoms with Crippen molar-refractivity contribution >= 4 is 33.4 Å². The SMILES string of the molecule is CCCN(C(C)C)C1CCC(N(CS(=O)(=O)c2ccc(SC)cc2)C(=O)CNC(=O)c2cccc(C(F)(F)F)c2)CC1. The lowest BCUT2D eigenvalue weighted by Crippen LogP contribution is -2.51. The van der Waals surface area contributed by atoms with Gasteiger partial charge in [-0.3, -0.25) is 14.5 Å². The van der Waals surface area contributed by atoms with Crippen LogP contribution in [0.2, 0.25) is 0 Å². The van der Waals surface area contributed by atoms with Gasteiger partial charge in [-0.1, -0.05) is 13.0 Å². The third kappa shape index (κ3) is 8.97. The lowest BCUT2D eigenvalue weighted by Gasteiger charge is -2.42. The zero-order valence-electron chi connectivity index (χ0n) is 24.5. The maximum Gasteiger partial charge on any atom is 0.416 e. The highest BCUT2D eigenvalue weighted by molar-refractivity contribution is 7.98. The Hall–Kier alpha value is -2.57. The molecule has 0 spiro atoms. The summed E-state index contributed by atoms with van der Waals surface area (Å²) in [5.74, 6) is -2.00.